The second-order valence-corrected chi connectivity index (χ2v) is 7.92. The minimum absolute atomic E-state index is 0.0553. The molecule has 3 N–H and O–H groups in total. The molecule has 0 aromatic heterocycles. The van der Waals surface area contributed by atoms with Crippen molar-refractivity contribution in [2.45, 2.75) is 19.1 Å². The Bertz CT molecular complexity index is 842. The third kappa shape index (κ3) is 4.26. The number of aliphatic hydroxyl groups excluding tert-OH is 1. The first kappa shape index (κ1) is 22.0. The van der Waals surface area contributed by atoms with Gasteiger partial charge in [0.1, 0.15) is 0 Å². The molecule has 1 fully saturated rings. The van der Waals surface area contributed by atoms with E-state index < -0.39 is 12.2 Å². The summed E-state index contributed by atoms with van der Waals surface area (Å²) in [6.45, 7) is 15.6. The molecule has 0 aromatic carbocycles. The van der Waals surface area contributed by atoms with E-state index in [1.165, 1.54) is 16.7 Å². The standard InChI is InChI=1S/C24H31N3O3/c1-4-7-8-19-9-12-25-17-24(19)10-13-26(14-11-24)16-18-15-20(23(29)30)22(28)27(6-3)21(18)5-2/h4-9,15,22,25,28H,1-3,10-14,16-17H2,(H,29,30)/b8-7-. The minimum Gasteiger partial charge on any atom is -0.478 e. The van der Waals surface area contributed by atoms with Gasteiger partial charge in [0, 0.05) is 30.7 Å². The number of piperidine rings is 1. The van der Waals surface area contributed by atoms with Gasteiger partial charge in [-0.2, -0.15) is 0 Å². The highest BCUT2D eigenvalue weighted by atomic mass is 16.4. The van der Waals surface area contributed by atoms with E-state index in [4.69, 9.17) is 0 Å². The van der Waals surface area contributed by atoms with E-state index in [2.05, 4.69) is 42.1 Å². The van der Waals surface area contributed by atoms with E-state index in [1.54, 1.807) is 12.2 Å². The van der Waals surface area contributed by atoms with Crippen LogP contribution in [-0.2, 0) is 4.79 Å². The summed E-state index contributed by atoms with van der Waals surface area (Å²) in [6, 6.07) is 0. The Labute approximate surface area is 178 Å². The summed E-state index contributed by atoms with van der Waals surface area (Å²) in [5.41, 5.74) is 2.96. The summed E-state index contributed by atoms with van der Waals surface area (Å²) in [5, 5.41) is 23.4. The molecule has 0 radical (unpaired) electrons. The second kappa shape index (κ2) is 9.43. The molecular formula is C24H31N3O3. The molecule has 0 saturated carbocycles. The van der Waals surface area contributed by atoms with Crippen LogP contribution in [0, 0.1) is 5.41 Å². The first-order chi connectivity index (χ1) is 14.5. The molecule has 3 aliphatic rings. The van der Waals surface area contributed by atoms with Gasteiger partial charge in [-0.25, -0.2) is 4.79 Å². The largest absolute Gasteiger partial charge is 0.478 e. The maximum atomic E-state index is 11.6. The van der Waals surface area contributed by atoms with Crippen LogP contribution in [0.15, 0.2) is 84.8 Å². The van der Waals surface area contributed by atoms with Gasteiger partial charge in [-0.1, -0.05) is 44.0 Å². The van der Waals surface area contributed by atoms with Gasteiger partial charge in [0.15, 0.2) is 6.23 Å². The normalized spacial score (nSPS) is 24.6. The van der Waals surface area contributed by atoms with E-state index in [0.717, 1.165) is 44.6 Å². The van der Waals surface area contributed by atoms with Crippen LogP contribution in [0.3, 0.4) is 0 Å². The molecule has 1 spiro atoms. The fourth-order valence-corrected chi connectivity index (χ4v) is 4.59. The van der Waals surface area contributed by atoms with Gasteiger partial charge >= 0.3 is 5.97 Å². The van der Waals surface area contributed by atoms with Gasteiger partial charge in [0.25, 0.3) is 0 Å². The fourth-order valence-electron chi connectivity index (χ4n) is 4.59. The highest BCUT2D eigenvalue weighted by Gasteiger charge is 2.38. The summed E-state index contributed by atoms with van der Waals surface area (Å²) >= 11 is 0. The lowest BCUT2D eigenvalue weighted by atomic mass is 9.70. The van der Waals surface area contributed by atoms with E-state index in [9.17, 15) is 15.0 Å². The van der Waals surface area contributed by atoms with Gasteiger partial charge < -0.3 is 20.4 Å². The number of allylic oxidation sites excluding steroid dienone is 4. The van der Waals surface area contributed by atoms with E-state index in [0.29, 0.717) is 12.2 Å². The highest BCUT2D eigenvalue weighted by Crippen LogP contribution is 2.41. The molecule has 3 rings (SSSR count). The monoisotopic (exact) mass is 409 g/mol. The van der Waals surface area contributed by atoms with Crippen LogP contribution in [-0.4, -0.2) is 64.9 Å². The second-order valence-electron chi connectivity index (χ2n) is 7.92. The topological polar surface area (TPSA) is 76.0 Å². The molecule has 3 aliphatic heterocycles. The predicted molar refractivity (Wildman–Crippen MR) is 119 cm³/mol. The molecular weight excluding hydrogens is 378 g/mol. The lowest BCUT2D eigenvalue weighted by Gasteiger charge is -2.45. The smallest absolute Gasteiger partial charge is 0.336 e. The maximum absolute atomic E-state index is 11.6. The number of nitrogens with one attached hydrogen (secondary N) is 1. The number of hydrogen-bond donors (Lipinski definition) is 3. The van der Waals surface area contributed by atoms with Crippen LogP contribution in [0.2, 0.25) is 0 Å². The van der Waals surface area contributed by atoms with Crippen LogP contribution in [0.5, 0.6) is 0 Å². The van der Waals surface area contributed by atoms with Crippen molar-refractivity contribution in [2.24, 2.45) is 5.41 Å². The maximum Gasteiger partial charge on any atom is 0.336 e. The fraction of sp³-hybridized carbons (Fsp3) is 0.375. The minimum atomic E-state index is -1.26. The molecule has 3 heterocycles. The molecule has 6 heteroatoms. The number of rotatable bonds is 7. The molecule has 0 bridgehead atoms. The van der Waals surface area contributed by atoms with Crippen molar-refractivity contribution in [1.82, 2.24) is 15.1 Å². The van der Waals surface area contributed by atoms with E-state index in [1.807, 2.05) is 12.2 Å². The van der Waals surface area contributed by atoms with Crippen molar-refractivity contribution in [1.29, 1.82) is 0 Å². The van der Waals surface area contributed by atoms with Gasteiger partial charge in [0.2, 0.25) is 0 Å². The predicted octanol–water partition coefficient (Wildman–Crippen LogP) is 2.57. The molecule has 1 atom stereocenters. The average molecular weight is 410 g/mol. The van der Waals surface area contributed by atoms with E-state index in [-0.39, 0.29) is 11.0 Å². The van der Waals surface area contributed by atoms with Crippen molar-refractivity contribution in [2.75, 3.05) is 32.7 Å². The Morgan fingerprint density at radius 1 is 1.30 bits per heavy atom. The zero-order chi connectivity index (χ0) is 21.7. The molecule has 0 aliphatic carbocycles. The number of carboxylic acids is 1. The highest BCUT2D eigenvalue weighted by molar-refractivity contribution is 5.89. The lowest BCUT2D eigenvalue weighted by molar-refractivity contribution is -0.134. The molecule has 1 unspecified atom stereocenters. The zero-order valence-corrected chi connectivity index (χ0v) is 17.4. The number of aliphatic carboxylic acids is 1. The van der Waals surface area contributed by atoms with Crippen LogP contribution in [0.1, 0.15) is 12.8 Å². The van der Waals surface area contributed by atoms with Crippen molar-refractivity contribution >= 4 is 5.97 Å². The molecule has 0 aromatic rings. The van der Waals surface area contributed by atoms with Crippen molar-refractivity contribution in [3.63, 3.8) is 0 Å². The molecule has 30 heavy (non-hydrogen) atoms. The van der Waals surface area contributed by atoms with Crippen molar-refractivity contribution < 1.29 is 15.0 Å². The Kier molecular flexibility index (Phi) is 6.92. The average Bonchev–Trinajstić information content (AvgIpc) is 2.75. The number of hydrogen-bond acceptors (Lipinski definition) is 5. The molecule has 1 saturated heterocycles. The number of nitrogens with zero attached hydrogens (tertiary/aromatic N) is 2. The SMILES string of the molecule is C=C/C=C\C1=CCNCC12CCN(CC1=C(C=C)N(C=C)C(O)C(C(=O)O)=C1)CC2. The molecule has 0 amide bonds. The third-order valence-corrected chi connectivity index (χ3v) is 6.28. The molecule has 160 valence electrons. The summed E-state index contributed by atoms with van der Waals surface area (Å²) in [5.74, 6) is -1.13. The Hall–Kier alpha value is -2.67. The molecule has 6 nitrogen and oxygen atoms in total. The summed E-state index contributed by atoms with van der Waals surface area (Å²) < 4.78 is 0. The quantitative estimate of drug-likeness (QED) is 0.561. The summed E-state index contributed by atoms with van der Waals surface area (Å²) in [6.07, 6.45) is 13.7. The Morgan fingerprint density at radius 2 is 2.03 bits per heavy atom. The number of likely N-dealkylation sites (tertiary alicyclic amines) is 1. The Balaban J connectivity index is 1.78. The van der Waals surface area contributed by atoms with Gasteiger partial charge in [-0.3, -0.25) is 4.90 Å². The lowest BCUT2D eigenvalue weighted by Crippen LogP contribution is -2.48. The third-order valence-electron chi connectivity index (χ3n) is 6.28. The van der Waals surface area contributed by atoms with Crippen LogP contribution < -0.4 is 5.32 Å². The number of carboxylic acid groups (broad SMARTS) is 1. The Morgan fingerprint density at radius 3 is 2.63 bits per heavy atom. The van der Waals surface area contributed by atoms with Crippen LogP contribution >= 0.6 is 0 Å². The first-order valence-corrected chi connectivity index (χ1v) is 10.3. The summed E-state index contributed by atoms with van der Waals surface area (Å²) in [7, 11) is 0. The van der Waals surface area contributed by atoms with Crippen LogP contribution in [0.25, 0.3) is 0 Å². The van der Waals surface area contributed by atoms with Crippen molar-refractivity contribution in [3.8, 4) is 0 Å². The van der Waals surface area contributed by atoms with E-state index >= 15 is 0 Å². The van der Waals surface area contributed by atoms with Crippen LogP contribution in [0.4, 0.5) is 0 Å². The van der Waals surface area contributed by atoms with Crippen molar-refractivity contribution in [3.05, 3.63) is 84.8 Å². The van der Waals surface area contributed by atoms with Gasteiger partial charge in [-0.05, 0) is 55.4 Å². The summed E-state index contributed by atoms with van der Waals surface area (Å²) in [4.78, 5) is 15.4. The van der Waals surface area contributed by atoms with Gasteiger partial charge in [-0.15, -0.1) is 0 Å². The zero-order valence-electron chi connectivity index (χ0n) is 17.4. The number of aliphatic hydroxyl groups is 1. The first-order valence-electron chi connectivity index (χ1n) is 10.3. The number of carbonyl (C=O) groups is 1. The van der Waals surface area contributed by atoms with Gasteiger partial charge in [0.05, 0.1) is 5.57 Å².